The highest BCUT2D eigenvalue weighted by atomic mass is 16.5. The number of hydrogen-bond acceptors (Lipinski definition) is 5. The molecule has 0 spiro atoms. The number of carbonyl (C=O) groups excluding carboxylic acids is 1. The lowest BCUT2D eigenvalue weighted by molar-refractivity contribution is -0.120. The molecule has 0 saturated heterocycles. The molecule has 6 nitrogen and oxygen atoms in total. The molecule has 1 amide bonds. The van der Waals surface area contributed by atoms with Crippen LogP contribution in [-0.2, 0) is 24.3 Å². The molecule has 0 aliphatic carbocycles. The molecule has 0 atom stereocenters. The smallest absolute Gasteiger partial charge is 0.226 e. The van der Waals surface area contributed by atoms with Crippen LogP contribution in [0.2, 0.25) is 0 Å². The van der Waals surface area contributed by atoms with Crippen LogP contribution in [0.1, 0.15) is 33.6 Å². The van der Waals surface area contributed by atoms with Crippen LogP contribution in [0, 0.1) is 6.92 Å². The number of aromatic nitrogens is 2. The molecular formula is C23H22N4O2. The van der Waals surface area contributed by atoms with E-state index in [-0.39, 0.29) is 12.3 Å². The number of para-hydroxylation sites is 1. The normalized spacial score (nSPS) is 12.3. The van der Waals surface area contributed by atoms with Gasteiger partial charge in [-0.25, -0.2) is 0 Å². The Kier molecular flexibility index (Phi) is 5.33. The Morgan fingerprint density at radius 2 is 2.03 bits per heavy atom. The predicted octanol–water partition coefficient (Wildman–Crippen LogP) is 3.00. The third kappa shape index (κ3) is 4.16. The number of amides is 1. The largest absolute Gasteiger partial charge is 0.496 e. The van der Waals surface area contributed by atoms with Crippen LogP contribution in [-0.4, -0.2) is 28.7 Å². The lowest BCUT2D eigenvalue weighted by Gasteiger charge is -2.10. The van der Waals surface area contributed by atoms with Gasteiger partial charge >= 0.3 is 0 Å². The minimum absolute atomic E-state index is 0.0766. The van der Waals surface area contributed by atoms with E-state index in [0.717, 1.165) is 45.1 Å². The number of ether oxygens (including phenoxy) is 1. The SMILES string of the molecule is COc1ccccc1CNC(=O)Cc1cc2c(cn1)C(c1ccnc(C)c1)=NC2. The summed E-state index contributed by atoms with van der Waals surface area (Å²) in [6, 6.07) is 13.6. The molecule has 6 heteroatoms. The van der Waals surface area contributed by atoms with Crippen molar-refractivity contribution in [3.63, 3.8) is 0 Å². The molecule has 0 bridgehead atoms. The number of carbonyl (C=O) groups is 1. The quantitative estimate of drug-likeness (QED) is 0.707. The molecule has 4 rings (SSSR count). The second kappa shape index (κ2) is 8.22. The minimum Gasteiger partial charge on any atom is -0.496 e. The number of benzene rings is 1. The summed E-state index contributed by atoms with van der Waals surface area (Å²) in [4.78, 5) is 25.8. The number of methoxy groups -OCH3 is 1. The first kappa shape index (κ1) is 18.8. The van der Waals surface area contributed by atoms with Crippen molar-refractivity contribution in [2.75, 3.05) is 7.11 Å². The number of rotatable bonds is 6. The van der Waals surface area contributed by atoms with Crippen molar-refractivity contribution in [2.45, 2.75) is 26.4 Å². The molecule has 0 unspecified atom stereocenters. The first-order valence-corrected chi connectivity index (χ1v) is 9.48. The lowest BCUT2D eigenvalue weighted by atomic mass is 10.0. The van der Waals surface area contributed by atoms with E-state index in [1.165, 1.54) is 0 Å². The summed E-state index contributed by atoms with van der Waals surface area (Å²) in [5, 5.41) is 2.94. The molecule has 3 heterocycles. The fourth-order valence-corrected chi connectivity index (χ4v) is 3.45. The van der Waals surface area contributed by atoms with Gasteiger partial charge in [-0.2, -0.15) is 0 Å². The van der Waals surface area contributed by atoms with Crippen molar-refractivity contribution in [1.29, 1.82) is 0 Å². The van der Waals surface area contributed by atoms with Crippen LogP contribution < -0.4 is 10.1 Å². The van der Waals surface area contributed by atoms with E-state index in [2.05, 4.69) is 20.3 Å². The van der Waals surface area contributed by atoms with Crippen LogP contribution in [0.15, 0.2) is 59.9 Å². The summed E-state index contributed by atoms with van der Waals surface area (Å²) >= 11 is 0. The van der Waals surface area contributed by atoms with Gasteiger partial charge in [-0.15, -0.1) is 0 Å². The summed E-state index contributed by atoms with van der Waals surface area (Å²) in [5.74, 6) is 0.687. The second-order valence-corrected chi connectivity index (χ2v) is 6.95. The Morgan fingerprint density at radius 1 is 1.17 bits per heavy atom. The van der Waals surface area contributed by atoms with E-state index in [1.807, 2.05) is 55.6 Å². The highest BCUT2D eigenvalue weighted by Gasteiger charge is 2.19. The molecule has 1 aliphatic heterocycles. The Balaban J connectivity index is 1.42. The van der Waals surface area contributed by atoms with E-state index in [0.29, 0.717) is 13.1 Å². The van der Waals surface area contributed by atoms with Crippen molar-refractivity contribution in [2.24, 2.45) is 4.99 Å². The molecule has 1 N–H and O–H groups in total. The van der Waals surface area contributed by atoms with Gasteiger partial charge in [-0.1, -0.05) is 18.2 Å². The molecule has 29 heavy (non-hydrogen) atoms. The molecule has 0 saturated carbocycles. The molecule has 1 aliphatic rings. The summed E-state index contributed by atoms with van der Waals surface area (Å²) in [7, 11) is 1.62. The zero-order chi connectivity index (χ0) is 20.2. The standard InChI is InChI=1S/C23H22N4O2/c1-15-9-16(7-8-24-15)23-20-14-25-19(10-18(20)13-27-23)11-22(28)26-12-17-5-3-4-6-21(17)29-2/h3-10,14H,11-13H2,1-2H3,(H,26,28). The Labute approximate surface area is 169 Å². The van der Waals surface area contributed by atoms with Crippen molar-refractivity contribution >= 4 is 11.6 Å². The van der Waals surface area contributed by atoms with Gasteiger partial charge in [0.2, 0.25) is 5.91 Å². The van der Waals surface area contributed by atoms with Crippen molar-refractivity contribution in [1.82, 2.24) is 15.3 Å². The average Bonchev–Trinajstić information content (AvgIpc) is 3.15. The predicted molar refractivity (Wildman–Crippen MR) is 111 cm³/mol. The summed E-state index contributed by atoms with van der Waals surface area (Å²) in [6.07, 6.45) is 3.84. The maximum Gasteiger partial charge on any atom is 0.226 e. The first-order chi connectivity index (χ1) is 14.1. The first-order valence-electron chi connectivity index (χ1n) is 9.48. The van der Waals surface area contributed by atoms with Gasteiger partial charge < -0.3 is 10.1 Å². The fraction of sp³-hybridized carbons (Fsp3) is 0.217. The Morgan fingerprint density at radius 3 is 2.86 bits per heavy atom. The maximum absolute atomic E-state index is 12.4. The zero-order valence-electron chi connectivity index (χ0n) is 16.5. The van der Waals surface area contributed by atoms with Crippen molar-refractivity contribution in [3.05, 3.63) is 88.5 Å². The monoisotopic (exact) mass is 386 g/mol. The highest BCUT2D eigenvalue weighted by Crippen LogP contribution is 2.23. The van der Waals surface area contributed by atoms with Gasteiger partial charge in [0.25, 0.3) is 0 Å². The molecule has 0 fully saturated rings. The Hall–Kier alpha value is -3.54. The fourth-order valence-electron chi connectivity index (χ4n) is 3.45. The van der Waals surface area contributed by atoms with Crippen molar-refractivity contribution < 1.29 is 9.53 Å². The number of fused-ring (bicyclic) bond motifs is 1. The number of nitrogens with one attached hydrogen (secondary N) is 1. The zero-order valence-corrected chi connectivity index (χ0v) is 16.5. The molecule has 2 aromatic heterocycles. The summed E-state index contributed by atoms with van der Waals surface area (Å²) in [6.45, 7) is 2.98. The minimum atomic E-state index is -0.0766. The van der Waals surface area contributed by atoms with Crippen LogP contribution >= 0.6 is 0 Å². The molecule has 0 radical (unpaired) electrons. The maximum atomic E-state index is 12.4. The van der Waals surface area contributed by atoms with Crippen LogP contribution in [0.5, 0.6) is 5.75 Å². The molecule has 146 valence electrons. The summed E-state index contributed by atoms with van der Waals surface area (Å²) < 4.78 is 5.32. The van der Waals surface area contributed by atoms with Crippen LogP contribution in [0.25, 0.3) is 0 Å². The van der Waals surface area contributed by atoms with Gasteiger partial charge in [0, 0.05) is 41.3 Å². The molecular weight excluding hydrogens is 364 g/mol. The van der Waals surface area contributed by atoms with E-state index in [1.54, 1.807) is 13.3 Å². The van der Waals surface area contributed by atoms with Crippen LogP contribution in [0.3, 0.4) is 0 Å². The van der Waals surface area contributed by atoms with Gasteiger partial charge in [0.15, 0.2) is 0 Å². The van der Waals surface area contributed by atoms with Crippen LogP contribution in [0.4, 0.5) is 0 Å². The number of nitrogens with zero attached hydrogens (tertiary/aromatic N) is 3. The molecule has 1 aromatic carbocycles. The lowest BCUT2D eigenvalue weighted by Crippen LogP contribution is -2.25. The van der Waals surface area contributed by atoms with E-state index >= 15 is 0 Å². The molecule has 3 aromatic rings. The number of hydrogen-bond donors (Lipinski definition) is 1. The van der Waals surface area contributed by atoms with Gasteiger partial charge in [0.05, 0.1) is 31.5 Å². The van der Waals surface area contributed by atoms with E-state index in [9.17, 15) is 4.79 Å². The number of pyridine rings is 2. The topological polar surface area (TPSA) is 76.5 Å². The number of aryl methyl sites for hydroxylation is 1. The van der Waals surface area contributed by atoms with Gasteiger partial charge in [-0.05, 0) is 36.8 Å². The Bertz CT molecular complexity index is 1090. The average molecular weight is 386 g/mol. The van der Waals surface area contributed by atoms with Gasteiger partial charge in [0.1, 0.15) is 5.75 Å². The van der Waals surface area contributed by atoms with E-state index < -0.39 is 0 Å². The number of aliphatic imine (C=N–C) groups is 1. The third-order valence-corrected chi connectivity index (χ3v) is 4.89. The van der Waals surface area contributed by atoms with E-state index in [4.69, 9.17) is 4.74 Å². The highest BCUT2D eigenvalue weighted by molar-refractivity contribution is 6.15. The van der Waals surface area contributed by atoms with Crippen molar-refractivity contribution in [3.8, 4) is 5.75 Å². The van der Waals surface area contributed by atoms with Gasteiger partial charge in [-0.3, -0.25) is 19.8 Å². The second-order valence-electron chi connectivity index (χ2n) is 6.95. The summed E-state index contributed by atoms with van der Waals surface area (Å²) in [5.41, 5.74) is 6.73. The third-order valence-electron chi connectivity index (χ3n) is 4.89.